The molecule has 0 spiro atoms. The van der Waals surface area contributed by atoms with E-state index in [9.17, 15) is 0 Å². The van der Waals surface area contributed by atoms with Crippen LogP contribution in [0.15, 0.2) is 0 Å². The first-order valence-corrected chi connectivity index (χ1v) is 7.47. The van der Waals surface area contributed by atoms with Crippen molar-refractivity contribution >= 4 is 0 Å². The Morgan fingerprint density at radius 3 is 1.50 bits per heavy atom. The van der Waals surface area contributed by atoms with Crippen LogP contribution in [0.2, 0.25) is 0 Å². The van der Waals surface area contributed by atoms with Crippen molar-refractivity contribution in [1.82, 2.24) is 0 Å². The zero-order valence-electron chi connectivity index (χ0n) is 11.0. The van der Waals surface area contributed by atoms with Gasteiger partial charge in [-0.15, -0.1) is 0 Å². The molecule has 0 aromatic rings. The summed E-state index contributed by atoms with van der Waals surface area (Å²) in [6, 6.07) is 0. The third kappa shape index (κ3) is 2.45. The maximum Gasteiger partial charge on any atom is -0.00179 e. The largest absolute Gasteiger partial charge is 0.330 e. The maximum atomic E-state index is 6.17. The fourth-order valence-corrected chi connectivity index (χ4v) is 4.19. The highest BCUT2D eigenvalue weighted by Crippen LogP contribution is 2.47. The first-order chi connectivity index (χ1) is 7.77. The van der Waals surface area contributed by atoms with E-state index in [4.69, 9.17) is 5.73 Å². The molecule has 16 heavy (non-hydrogen) atoms. The van der Waals surface area contributed by atoms with Gasteiger partial charge in [-0.05, 0) is 49.5 Å². The lowest BCUT2D eigenvalue weighted by Crippen LogP contribution is -2.43. The van der Waals surface area contributed by atoms with Crippen LogP contribution >= 0.6 is 0 Å². The molecule has 0 heterocycles. The third-order valence-electron chi connectivity index (χ3n) is 5.52. The van der Waals surface area contributed by atoms with Crippen molar-refractivity contribution in [1.29, 1.82) is 0 Å². The summed E-state index contributed by atoms with van der Waals surface area (Å²) in [5.74, 6) is 1.85. The van der Waals surface area contributed by atoms with Gasteiger partial charge in [0.05, 0.1) is 0 Å². The van der Waals surface area contributed by atoms with Crippen molar-refractivity contribution in [2.45, 2.75) is 71.1 Å². The molecule has 0 bridgehead atoms. The number of hydrogen-bond donors (Lipinski definition) is 1. The van der Waals surface area contributed by atoms with Gasteiger partial charge < -0.3 is 5.73 Å². The molecule has 0 aliphatic heterocycles. The van der Waals surface area contributed by atoms with E-state index in [1.54, 1.807) is 0 Å². The molecule has 1 nitrogen and oxygen atoms in total. The van der Waals surface area contributed by atoms with Crippen LogP contribution in [0.1, 0.15) is 71.1 Å². The second kappa shape index (κ2) is 5.53. The minimum atomic E-state index is 0.459. The second-order valence-corrected chi connectivity index (χ2v) is 6.38. The van der Waals surface area contributed by atoms with Gasteiger partial charge in [0.2, 0.25) is 0 Å². The normalized spacial score (nSPS) is 25.9. The Balaban J connectivity index is 2.03. The first-order valence-electron chi connectivity index (χ1n) is 7.47. The van der Waals surface area contributed by atoms with Gasteiger partial charge in [0.15, 0.2) is 0 Å². The van der Waals surface area contributed by atoms with Crippen LogP contribution in [0.3, 0.4) is 0 Å². The summed E-state index contributed by atoms with van der Waals surface area (Å²) in [5, 5.41) is 0. The van der Waals surface area contributed by atoms with E-state index in [0.29, 0.717) is 5.41 Å². The van der Waals surface area contributed by atoms with E-state index in [2.05, 4.69) is 6.92 Å². The van der Waals surface area contributed by atoms with Crippen LogP contribution in [0.4, 0.5) is 0 Å². The molecule has 0 radical (unpaired) electrons. The summed E-state index contributed by atoms with van der Waals surface area (Å²) in [7, 11) is 0. The van der Waals surface area contributed by atoms with Gasteiger partial charge in [-0.2, -0.15) is 0 Å². The van der Waals surface area contributed by atoms with E-state index in [-0.39, 0.29) is 0 Å². The average molecular weight is 223 g/mol. The summed E-state index contributed by atoms with van der Waals surface area (Å²) in [4.78, 5) is 0. The van der Waals surface area contributed by atoms with Crippen LogP contribution in [0, 0.1) is 17.3 Å². The fraction of sp³-hybridized carbons (Fsp3) is 1.00. The Hall–Kier alpha value is -0.0400. The van der Waals surface area contributed by atoms with E-state index in [1.165, 1.54) is 64.2 Å². The lowest BCUT2D eigenvalue weighted by Gasteiger charge is -2.46. The lowest BCUT2D eigenvalue weighted by atomic mass is 9.60. The van der Waals surface area contributed by atoms with E-state index < -0.39 is 0 Å². The van der Waals surface area contributed by atoms with Crippen LogP contribution in [0.25, 0.3) is 0 Å². The highest BCUT2D eigenvalue weighted by atomic mass is 14.6. The standard InChI is InChI=1S/C15H29N/c1-15(12-16,13-8-4-2-5-9-13)14-10-6-3-7-11-14/h13-14H,2-12,16H2,1H3. The quantitative estimate of drug-likeness (QED) is 0.765. The second-order valence-electron chi connectivity index (χ2n) is 6.38. The molecule has 0 unspecified atom stereocenters. The van der Waals surface area contributed by atoms with Gasteiger partial charge in [0, 0.05) is 0 Å². The molecule has 2 rings (SSSR count). The first kappa shape index (κ1) is 12.4. The molecule has 2 saturated carbocycles. The molecule has 0 atom stereocenters. The minimum absolute atomic E-state index is 0.459. The zero-order valence-corrected chi connectivity index (χ0v) is 11.0. The number of nitrogens with two attached hydrogens (primary N) is 1. The fourth-order valence-electron chi connectivity index (χ4n) is 4.19. The minimum Gasteiger partial charge on any atom is -0.330 e. The summed E-state index contributed by atoms with van der Waals surface area (Å²) < 4.78 is 0. The molecule has 0 amide bonds. The molecule has 0 saturated heterocycles. The Labute approximate surface area is 101 Å². The van der Waals surface area contributed by atoms with Crippen LogP contribution < -0.4 is 5.73 Å². The van der Waals surface area contributed by atoms with Gasteiger partial charge in [-0.1, -0.05) is 45.4 Å². The Morgan fingerprint density at radius 2 is 1.19 bits per heavy atom. The van der Waals surface area contributed by atoms with Crippen LogP contribution in [-0.4, -0.2) is 6.54 Å². The van der Waals surface area contributed by atoms with E-state index in [0.717, 1.165) is 18.4 Å². The maximum absolute atomic E-state index is 6.17. The molecule has 0 aromatic heterocycles. The summed E-state index contributed by atoms with van der Waals surface area (Å²) >= 11 is 0. The predicted octanol–water partition coefficient (Wildman–Crippen LogP) is 4.11. The molecule has 2 N–H and O–H groups in total. The average Bonchev–Trinajstić information content (AvgIpc) is 2.40. The molecule has 2 aliphatic rings. The van der Waals surface area contributed by atoms with Crippen LogP contribution in [-0.2, 0) is 0 Å². The molecular weight excluding hydrogens is 194 g/mol. The third-order valence-corrected chi connectivity index (χ3v) is 5.52. The zero-order chi connectivity index (χ0) is 11.4. The number of rotatable bonds is 3. The van der Waals surface area contributed by atoms with Gasteiger partial charge in [0.25, 0.3) is 0 Å². The molecule has 0 aromatic carbocycles. The Morgan fingerprint density at radius 1 is 0.812 bits per heavy atom. The molecule has 2 aliphatic carbocycles. The van der Waals surface area contributed by atoms with Gasteiger partial charge in [-0.25, -0.2) is 0 Å². The van der Waals surface area contributed by atoms with Crippen molar-refractivity contribution in [2.24, 2.45) is 23.0 Å². The van der Waals surface area contributed by atoms with Crippen molar-refractivity contribution in [3.05, 3.63) is 0 Å². The smallest absolute Gasteiger partial charge is 0.00179 e. The monoisotopic (exact) mass is 223 g/mol. The van der Waals surface area contributed by atoms with E-state index >= 15 is 0 Å². The van der Waals surface area contributed by atoms with Crippen molar-refractivity contribution in [3.8, 4) is 0 Å². The van der Waals surface area contributed by atoms with Crippen molar-refractivity contribution in [2.75, 3.05) is 6.54 Å². The Bertz CT molecular complexity index is 181. The van der Waals surface area contributed by atoms with E-state index in [1.807, 2.05) is 0 Å². The molecule has 2 fully saturated rings. The Kier molecular flexibility index (Phi) is 4.29. The highest BCUT2D eigenvalue weighted by Gasteiger charge is 2.40. The van der Waals surface area contributed by atoms with Gasteiger partial charge in [0.1, 0.15) is 0 Å². The topological polar surface area (TPSA) is 26.0 Å². The van der Waals surface area contributed by atoms with Crippen molar-refractivity contribution in [3.63, 3.8) is 0 Å². The highest BCUT2D eigenvalue weighted by molar-refractivity contribution is 4.91. The predicted molar refractivity (Wildman–Crippen MR) is 70.3 cm³/mol. The van der Waals surface area contributed by atoms with Gasteiger partial charge in [-0.3, -0.25) is 0 Å². The number of hydrogen-bond acceptors (Lipinski definition) is 1. The molecular formula is C15H29N. The molecule has 94 valence electrons. The van der Waals surface area contributed by atoms with Crippen molar-refractivity contribution < 1.29 is 0 Å². The summed E-state index contributed by atoms with van der Waals surface area (Å²) in [6.45, 7) is 3.42. The lowest BCUT2D eigenvalue weighted by molar-refractivity contribution is 0.0486. The summed E-state index contributed by atoms with van der Waals surface area (Å²) in [5.41, 5.74) is 6.63. The SMILES string of the molecule is CC(CN)(C1CCCCC1)C1CCCCC1. The van der Waals surface area contributed by atoms with Gasteiger partial charge >= 0.3 is 0 Å². The summed E-state index contributed by atoms with van der Waals surface area (Å²) in [6.07, 6.45) is 14.5. The van der Waals surface area contributed by atoms with Crippen LogP contribution in [0.5, 0.6) is 0 Å². The molecule has 1 heteroatoms.